The first-order chi connectivity index (χ1) is 12.2. The van der Waals surface area contributed by atoms with Crippen LogP contribution in [0, 0.1) is 11.8 Å². The second kappa shape index (κ2) is 6.47. The van der Waals surface area contributed by atoms with Gasteiger partial charge in [0.25, 0.3) is 0 Å². The number of aromatic nitrogens is 2. The van der Waals surface area contributed by atoms with Crippen LogP contribution in [0.5, 0.6) is 0 Å². The average Bonchev–Trinajstić information content (AvgIpc) is 3.24. The summed E-state index contributed by atoms with van der Waals surface area (Å²) < 4.78 is 6.94. The van der Waals surface area contributed by atoms with E-state index in [4.69, 9.17) is 4.74 Å². The minimum Gasteiger partial charge on any atom is -0.469 e. The van der Waals surface area contributed by atoms with E-state index in [9.17, 15) is 9.59 Å². The van der Waals surface area contributed by atoms with Crippen molar-refractivity contribution in [1.82, 2.24) is 9.55 Å². The van der Waals surface area contributed by atoms with Gasteiger partial charge in [0.15, 0.2) is 0 Å². The molecule has 1 aromatic carbocycles. The zero-order chi connectivity index (χ0) is 17.4. The van der Waals surface area contributed by atoms with Gasteiger partial charge in [0, 0.05) is 17.9 Å². The van der Waals surface area contributed by atoms with E-state index in [1.807, 2.05) is 24.7 Å². The van der Waals surface area contributed by atoms with Gasteiger partial charge in [-0.05, 0) is 31.2 Å². The molecule has 0 radical (unpaired) electrons. The summed E-state index contributed by atoms with van der Waals surface area (Å²) in [7, 11) is 1.43. The van der Waals surface area contributed by atoms with Crippen LogP contribution >= 0.6 is 0 Å². The fraction of sp³-hybridized carbons (Fsp3) is 0.450. The number of Topliss-reactive ketones (excluding diaryl/α,β-unsaturated/α-hetero) is 1. The van der Waals surface area contributed by atoms with E-state index in [0.717, 1.165) is 31.4 Å². The lowest BCUT2D eigenvalue weighted by atomic mass is 9.78. The second-order valence-electron chi connectivity index (χ2n) is 7.03. The summed E-state index contributed by atoms with van der Waals surface area (Å²) in [5, 5.41) is 0. The number of benzene rings is 1. The maximum atomic E-state index is 12.9. The van der Waals surface area contributed by atoms with Crippen molar-refractivity contribution in [2.75, 3.05) is 7.11 Å². The molecule has 1 aromatic heterocycles. The minimum atomic E-state index is -0.140. The molecule has 1 saturated carbocycles. The molecule has 0 saturated heterocycles. The summed E-state index contributed by atoms with van der Waals surface area (Å²) >= 11 is 0. The Bertz CT molecular complexity index is 803. The van der Waals surface area contributed by atoms with Gasteiger partial charge in [-0.25, -0.2) is 4.98 Å². The van der Waals surface area contributed by atoms with Crippen LogP contribution in [0.4, 0.5) is 0 Å². The van der Waals surface area contributed by atoms with Gasteiger partial charge in [0.1, 0.15) is 5.78 Å². The number of esters is 1. The molecule has 5 nitrogen and oxygen atoms in total. The Hall–Kier alpha value is -2.43. The normalized spacial score (nSPS) is 24.4. The Morgan fingerprint density at radius 3 is 2.64 bits per heavy atom. The zero-order valence-electron chi connectivity index (χ0n) is 14.4. The number of imidazole rings is 1. The van der Waals surface area contributed by atoms with Gasteiger partial charge < -0.3 is 9.30 Å². The molecule has 1 fully saturated rings. The predicted octanol–water partition coefficient (Wildman–Crippen LogP) is 3.39. The fourth-order valence-corrected chi connectivity index (χ4v) is 4.32. The van der Waals surface area contributed by atoms with E-state index in [0.29, 0.717) is 12.2 Å². The van der Waals surface area contributed by atoms with Crippen LogP contribution in [-0.2, 0) is 14.3 Å². The van der Waals surface area contributed by atoms with Gasteiger partial charge in [-0.3, -0.25) is 9.59 Å². The van der Waals surface area contributed by atoms with Gasteiger partial charge in [0.2, 0.25) is 0 Å². The number of hydrogen-bond acceptors (Lipinski definition) is 4. The van der Waals surface area contributed by atoms with Gasteiger partial charge in [-0.15, -0.1) is 0 Å². The Morgan fingerprint density at radius 1 is 1.16 bits per heavy atom. The lowest BCUT2D eigenvalue weighted by Crippen LogP contribution is -2.27. The predicted molar refractivity (Wildman–Crippen MR) is 92.9 cm³/mol. The zero-order valence-corrected chi connectivity index (χ0v) is 14.4. The molecule has 1 unspecified atom stereocenters. The highest BCUT2D eigenvalue weighted by molar-refractivity contribution is 5.83. The Labute approximate surface area is 147 Å². The van der Waals surface area contributed by atoms with Crippen molar-refractivity contribution in [3.8, 4) is 11.3 Å². The monoisotopic (exact) mass is 338 g/mol. The van der Waals surface area contributed by atoms with E-state index in [1.165, 1.54) is 18.2 Å². The molecule has 2 aromatic rings. The number of fused-ring (bicyclic) bond motifs is 3. The number of carbonyl (C=O) groups excluding carboxylic acids is 2. The third kappa shape index (κ3) is 2.77. The molecule has 1 aliphatic heterocycles. The molecule has 0 spiro atoms. The number of rotatable bonds is 4. The SMILES string of the molecule is COC(=O)C1CCC(C(=O)CC2c3ccccc3-c3cncn32)CC1. The Morgan fingerprint density at radius 2 is 1.88 bits per heavy atom. The number of carbonyl (C=O) groups is 2. The number of methoxy groups -OCH3 is 1. The van der Waals surface area contributed by atoms with Crippen LogP contribution in [0.2, 0.25) is 0 Å². The first kappa shape index (κ1) is 16.1. The molecule has 0 bridgehead atoms. The number of nitrogens with zero attached hydrogens (tertiary/aromatic N) is 2. The summed E-state index contributed by atoms with van der Waals surface area (Å²) in [6, 6.07) is 8.29. The van der Waals surface area contributed by atoms with Crippen molar-refractivity contribution < 1.29 is 14.3 Å². The summed E-state index contributed by atoms with van der Waals surface area (Å²) in [5.41, 5.74) is 3.46. The summed E-state index contributed by atoms with van der Waals surface area (Å²) in [6.07, 6.45) is 7.25. The highest BCUT2D eigenvalue weighted by Gasteiger charge is 2.34. The van der Waals surface area contributed by atoms with Gasteiger partial charge in [0.05, 0.1) is 37.3 Å². The molecule has 25 heavy (non-hydrogen) atoms. The second-order valence-corrected chi connectivity index (χ2v) is 7.03. The van der Waals surface area contributed by atoms with Crippen molar-refractivity contribution in [3.63, 3.8) is 0 Å². The van der Waals surface area contributed by atoms with E-state index in [2.05, 4.69) is 21.7 Å². The van der Waals surface area contributed by atoms with Crippen molar-refractivity contribution >= 4 is 11.8 Å². The quantitative estimate of drug-likeness (QED) is 0.802. The first-order valence-corrected chi connectivity index (χ1v) is 8.90. The summed E-state index contributed by atoms with van der Waals surface area (Å²) in [6.45, 7) is 0. The largest absolute Gasteiger partial charge is 0.469 e. The minimum absolute atomic E-state index is 0.0403. The van der Waals surface area contributed by atoms with Crippen LogP contribution < -0.4 is 0 Å². The van der Waals surface area contributed by atoms with Crippen LogP contribution in [-0.4, -0.2) is 28.4 Å². The van der Waals surface area contributed by atoms with Crippen LogP contribution in [0.25, 0.3) is 11.3 Å². The average molecular weight is 338 g/mol. The van der Waals surface area contributed by atoms with Gasteiger partial charge >= 0.3 is 5.97 Å². The van der Waals surface area contributed by atoms with E-state index in [-0.39, 0.29) is 23.8 Å². The van der Waals surface area contributed by atoms with Gasteiger partial charge in [-0.2, -0.15) is 0 Å². The van der Waals surface area contributed by atoms with Crippen molar-refractivity contribution in [2.45, 2.75) is 38.1 Å². The molecule has 4 rings (SSSR count). The summed E-state index contributed by atoms with van der Waals surface area (Å²) in [5.74, 6) is 0.172. The molecule has 5 heteroatoms. The van der Waals surface area contributed by atoms with Crippen molar-refractivity contribution in [1.29, 1.82) is 0 Å². The maximum absolute atomic E-state index is 12.9. The Kier molecular flexibility index (Phi) is 4.15. The van der Waals surface area contributed by atoms with E-state index in [1.54, 1.807) is 0 Å². The molecule has 2 heterocycles. The number of ether oxygens (including phenoxy) is 1. The highest BCUT2D eigenvalue weighted by Crippen LogP contribution is 2.42. The molecule has 2 aliphatic rings. The smallest absolute Gasteiger partial charge is 0.308 e. The standard InChI is InChI=1S/C20H22N2O3/c1-25-20(24)14-8-6-13(7-9-14)19(23)10-17-15-4-2-3-5-16(15)18-11-21-12-22(17)18/h2-5,11-14,17H,6-10H2,1H3. The van der Waals surface area contributed by atoms with E-state index < -0.39 is 0 Å². The highest BCUT2D eigenvalue weighted by atomic mass is 16.5. The molecule has 0 amide bonds. The van der Waals surface area contributed by atoms with Gasteiger partial charge in [-0.1, -0.05) is 24.3 Å². The lowest BCUT2D eigenvalue weighted by molar-refractivity contribution is -0.147. The lowest BCUT2D eigenvalue weighted by Gasteiger charge is -2.27. The third-order valence-corrected chi connectivity index (χ3v) is 5.71. The molecule has 1 aliphatic carbocycles. The van der Waals surface area contributed by atoms with Crippen molar-refractivity contribution in [2.24, 2.45) is 11.8 Å². The fourth-order valence-electron chi connectivity index (χ4n) is 4.32. The third-order valence-electron chi connectivity index (χ3n) is 5.71. The molecule has 1 atom stereocenters. The topological polar surface area (TPSA) is 61.2 Å². The molecular formula is C20H22N2O3. The number of ketones is 1. The maximum Gasteiger partial charge on any atom is 0.308 e. The first-order valence-electron chi connectivity index (χ1n) is 8.90. The van der Waals surface area contributed by atoms with E-state index >= 15 is 0 Å². The van der Waals surface area contributed by atoms with Crippen LogP contribution in [0.15, 0.2) is 36.8 Å². The van der Waals surface area contributed by atoms with Crippen molar-refractivity contribution in [3.05, 3.63) is 42.4 Å². The summed E-state index contributed by atoms with van der Waals surface area (Å²) in [4.78, 5) is 28.8. The molecular weight excluding hydrogens is 316 g/mol. The molecule has 0 N–H and O–H groups in total. The van der Waals surface area contributed by atoms with Crippen LogP contribution in [0.1, 0.15) is 43.7 Å². The van der Waals surface area contributed by atoms with Crippen LogP contribution in [0.3, 0.4) is 0 Å². The molecule has 130 valence electrons. The number of hydrogen-bond donors (Lipinski definition) is 0. The Balaban J connectivity index is 1.47.